The summed E-state index contributed by atoms with van der Waals surface area (Å²) in [4.78, 5) is 37.6. The lowest BCUT2D eigenvalue weighted by atomic mass is 9.95. The zero-order chi connectivity index (χ0) is 18.7. The van der Waals surface area contributed by atoms with Crippen molar-refractivity contribution in [3.05, 3.63) is 50.9 Å². The number of methoxy groups -OCH3 is 1. The van der Waals surface area contributed by atoms with Gasteiger partial charge in [0.2, 0.25) is 0 Å². The van der Waals surface area contributed by atoms with Gasteiger partial charge in [-0.15, -0.1) is 11.3 Å². The summed E-state index contributed by atoms with van der Waals surface area (Å²) in [6.07, 6.45) is 2.77. The maximum Gasteiger partial charge on any atom is 0.413 e. The first kappa shape index (κ1) is 18.4. The van der Waals surface area contributed by atoms with Crippen LogP contribution in [0.5, 0.6) is 0 Å². The number of halogens is 1. The number of hydrogen-bond donors (Lipinski definition) is 2. The number of aryl methyl sites for hydroxylation is 1. The fourth-order valence-corrected chi connectivity index (χ4v) is 4.28. The van der Waals surface area contributed by atoms with Gasteiger partial charge in [-0.25, -0.2) is 4.79 Å². The van der Waals surface area contributed by atoms with Crippen LogP contribution < -0.4 is 10.6 Å². The molecule has 1 aromatic carbocycles. The Morgan fingerprint density at radius 2 is 1.77 bits per heavy atom. The molecule has 1 aliphatic carbocycles. The number of anilines is 1. The Kier molecular flexibility index (Phi) is 5.58. The van der Waals surface area contributed by atoms with Crippen LogP contribution >= 0.6 is 22.9 Å². The molecule has 0 saturated carbocycles. The first-order valence-corrected chi connectivity index (χ1v) is 9.29. The predicted octanol–water partition coefficient (Wildman–Crippen LogP) is 4.03. The number of alkyl carbamates (subject to hydrolysis) is 1. The van der Waals surface area contributed by atoms with E-state index in [2.05, 4.69) is 15.4 Å². The summed E-state index contributed by atoms with van der Waals surface area (Å²) < 4.78 is 4.50. The third kappa shape index (κ3) is 3.89. The maximum absolute atomic E-state index is 12.6. The van der Waals surface area contributed by atoms with E-state index in [1.54, 1.807) is 24.3 Å². The minimum Gasteiger partial charge on any atom is -0.453 e. The Morgan fingerprint density at radius 3 is 2.46 bits per heavy atom. The Balaban J connectivity index is 1.91. The Morgan fingerprint density at radius 1 is 1.08 bits per heavy atom. The van der Waals surface area contributed by atoms with Gasteiger partial charge in [0.1, 0.15) is 5.00 Å². The Hall–Kier alpha value is -2.38. The lowest BCUT2D eigenvalue weighted by Gasteiger charge is -2.12. The van der Waals surface area contributed by atoms with Crippen molar-refractivity contribution in [1.82, 2.24) is 5.32 Å². The minimum atomic E-state index is -0.833. The summed E-state index contributed by atoms with van der Waals surface area (Å²) in [6, 6.07) is 6.47. The standard InChI is InChI=1S/C18H17ClN2O4S/c1-25-18(24)21-16(23)14-12-4-2-3-5-13(12)26-17(14)20-15(22)10-6-8-11(19)9-7-10/h6-9H,2-5H2,1H3,(H,20,22)(H,21,23,24). The highest BCUT2D eigenvalue weighted by molar-refractivity contribution is 7.17. The normalized spacial score (nSPS) is 12.8. The van der Waals surface area contributed by atoms with E-state index in [1.165, 1.54) is 18.4 Å². The van der Waals surface area contributed by atoms with Crippen molar-refractivity contribution < 1.29 is 19.1 Å². The fraction of sp³-hybridized carbons (Fsp3) is 0.278. The highest BCUT2D eigenvalue weighted by Crippen LogP contribution is 2.38. The maximum atomic E-state index is 12.6. The molecule has 2 aromatic rings. The van der Waals surface area contributed by atoms with Crippen LogP contribution in [0.4, 0.5) is 9.80 Å². The van der Waals surface area contributed by atoms with Crippen LogP contribution in [0, 0.1) is 0 Å². The summed E-state index contributed by atoms with van der Waals surface area (Å²) in [6.45, 7) is 0. The third-order valence-corrected chi connectivity index (χ3v) is 5.59. The van der Waals surface area contributed by atoms with Gasteiger partial charge in [0.25, 0.3) is 11.8 Å². The van der Waals surface area contributed by atoms with Gasteiger partial charge in [-0.05, 0) is 55.5 Å². The van der Waals surface area contributed by atoms with Gasteiger partial charge in [-0.1, -0.05) is 11.6 Å². The fourth-order valence-electron chi connectivity index (χ4n) is 2.88. The molecule has 136 valence electrons. The average molecular weight is 393 g/mol. The monoisotopic (exact) mass is 392 g/mol. The molecule has 0 unspecified atom stereocenters. The van der Waals surface area contributed by atoms with E-state index >= 15 is 0 Å². The lowest BCUT2D eigenvalue weighted by molar-refractivity contribution is 0.0937. The number of thiophene rings is 1. The average Bonchev–Trinajstić information content (AvgIpc) is 2.99. The molecule has 0 fully saturated rings. The summed E-state index contributed by atoms with van der Waals surface area (Å²) in [7, 11) is 1.19. The number of rotatable bonds is 3. The van der Waals surface area contributed by atoms with Crippen LogP contribution in [-0.2, 0) is 17.6 Å². The first-order valence-electron chi connectivity index (χ1n) is 8.10. The number of hydrogen-bond acceptors (Lipinski definition) is 5. The molecule has 1 aromatic heterocycles. The zero-order valence-electron chi connectivity index (χ0n) is 14.1. The van der Waals surface area contributed by atoms with Gasteiger partial charge in [0, 0.05) is 15.5 Å². The van der Waals surface area contributed by atoms with Gasteiger partial charge in [-0.3, -0.25) is 14.9 Å². The molecule has 2 N–H and O–H groups in total. The largest absolute Gasteiger partial charge is 0.453 e. The second-order valence-corrected chi connectivity index (χ2v) is 7.36. The highest BCUT2D eigenvalue weighted by atomic mass is 35.5. The number of nitrogens with one attached hydrogen (secondary N) is 2. The SMILES string of the molecule is COC(=O)NC(=O)c1c(NC(=O)c2ccc(Cl)cc2)sc2c1CCCC2. The quantitative estimate of drug-likeness (QED) is 0.825. The van der Waals surface area contributed by atoms with Crippen molar-refractivity contribution in [1.29, 1.82) is 0 Å². The topological polar surface area (TPSA) is 84.5 Å². The number of benzene rings is 1. The van der Waals surface area contributed by atoms with Gasteiger partial charge >= 0.3 is 6.09 Å². The molecule has 0 radical (unpaired) electrons. The van der Waals surface area contributed by atoms with Crippen LogP contribution in [0.2, 0.25) is 5.02 Å². The van der Waals surface area contributed by atoms with E-state index in [0.717, 1.165) is 36.1 Å². The van der Waals surface area contributed by atoms with Gasteiger partial charge in [0.05, 0.1) is 12.7 Å². The number of imide groups is 1. The number of ether oxygens (including phenoxy) is 1. The Bertz CT molecular complexity index is 861. The van der Waals surface area contributed by atoms with Gasteiger partial charge < -0.3 is 10.1 Å². The molecule has 0 spiro atoms. The molecular weight excluding hydrogens is 376 g/mol. The number of fused-ring (bicyclic) bond motifs is 1. The summed E-state index contributed by atoms with van der Waals surface area (Å²) in [5, 5.41) is 5.96. The molecule has 1 heterocycles. The Labute approximate surface area is 159 Å². The number of carbonyl (C=O) groups excluding carboxylic acids is 3. The van der Waals surface area contributed by atoms with Crippen LogP contribution in [-0.4, -0.2) is 25.0 Å². The first-order chi connectivity index (χ1) is 12.5. The predicted molar refractivity (Wildman–Crippen MR) is 100 cm³/mol. The van der Waals surface area contributed by atoms with E-state index in [9.17, 15) is 14.4 Å². The van der Waals surface area contributed by atoms with E-state index < -0.39 is 12.0 Å². The summed E-state index contributed by atoms with van der Waals surface area (Å²) >= 11 is 7.23. The number of amides is 3. The summed E-state index contributed by atoms with van der Waals surface area (Å²) in [5.74, 6) is -0.907. The molecule has 8 heteroatoms. The van der Waals surface area contributed by atoms with Crippen LogP contribution in [0.25, 0.3) is 0 Å². The van der Waals surface area contributed by atoms with E-state index in [0.29, 0.717) is 21.2 Å². The van der Waals surface area contributed by atoms with Crippen molar-refractivity contribution >= 4 is 45.8 Å². The molecule has 0 atom stereocenters. The summed E-state index contributed by atoms with van der Waals surface area (Å²) in [5.41, 5.74) is 1.67. The smallest absolute Gasteiger partial charge is 0.413 e. The number of carbonyl (C=O) groups is 3. The highest BCUT2D eigenvalue weighted by Gasteiger charge is 2.27. The molecule has 6 nitrogen and oxygen atoms in total. The second-order valence-electron chi connectivity index (χ2n) is 5.82. The molecule has 0 bridgehead atoms. The van der Waals surface area contributed by atoms with Gasteiger partial charge in [-0.2, -0.15) is 0 Å². The molecule has 1 aliphatic rings. The zero-order valence-corrected chi connectivity index (χ0v) is 15.6. The molecular formula is C18H17ClN2O4S. The molecule has 0 saturated heterocycles. The van der Waals surface area contributed by atoms with Crippen LogP contribution in [0.15, 0.2) is 24.3 Å². The molecule has 0 aliphatic heterocycles. The van der Waals surface area contributed by atoms with Crippen molar-refractivity contribution in [2.45, 2.75) is 25.7 Å². The van der Waals surface area contributed by atoms with Crippen molar-refractivity contribution in [2.24, 2.45) is 0 Å². The second kappa shape index (κ2) is 7.88. The van der Waals surface area contributed by atoms with Crippen molar-refractivity contribution in [3.8, 4) is 0 Å². The molecule has 3 rings (SSSR count). The van der Waals surface area contributed by atoms with Crippen molar-refractivity contribution in [3.63, 3.8) is 0 Å². The van der Waals surface area contributed by atoms with E-state index in [-0.39, 0.29) is 5.91 Å². The van der Waals surface area contributed by atoms with E-state index in [1.807, 2.05) is 0 Å². The minimum absolute atomic E-state index is 0.340. The van der Waals surface area contributed by atoms with Crippen LogP contribution in [0.3, 0.4) is 0 Å². The van der Waals surface area contributed by atoms with Crippen molar-refractivity contribution in [2.75, 3.05) is 12.4 Å². The van der Waals surface area contributed by atoms with E-state index in [4.69, 9.17) is 11.6 Å². The molecule has 26 heavy (non-hydrogen) atoms. The van der Waals surface area contributed by atoms with Crippen LogP contribution in [0.1, 0.15) is 44.0 Å². The third-order valence-electron chi connectivity index (χ3n) is 4.13. The lowest BCUT2D eigenvalue weighted by Crippen LogP contribution is -2.31. The van der Waals surface area contributed by atoms with Gasteiger partial charge in [0.15, 0.2) is 0 Å². The molecule has 3 amide bonds.